The molecule has 142 valence electrons. The Hall–Kier alpha value is -2.28. The van der Waals surface area contributed by atoms with E-state index in [1.807, 2.05) is 24.3 Å². The van der Waals surface area contributed by atoms with Gasteiger partial charge in [-0.15, -0.1) is 11.5 Å². The molecule has 5 nitrogen and oxygen atoms in total. The lowest BCUT2D eigenvalue weighted by atomic mass is 9.70. The molecule has 0 amide bonds. The Bertz CT molecular complexity index is 827. The maximum Gasteiger partial charge on any atom is 0.304 e. The number of methoxy groups -OCH3 is 1. The van der Waals surface area contributed by atoms with Crippen molar-refractivity contribution in [1.82, 2.24) is 0 Å². The van der Waals surface area contributed by atoms with Crippen molar-refractivity contribution in [3.63, 3.8) is 0 Å². The molecule has 0 aliphatic carbocycles. The molecule has 0 saturated carbocycles. The van der Waals surface area contributed by atoms with Gasteiger partial charge in [-0.05, 0) is 17.7 Å². The minimum absolute atomic E-state index is 0.0433. The number of carbonyl (C=O) groups is 1. The van der Waals surface area contributed by atoms with Crippen LogP contribution in [0, 0.1) is 28.7 Å². The van der Waals surface area contributed by atoms with Crippen molar-refractivity contribution in [2.45, 2.75) is 56.7 Å². The predicted molar refractivity (Wildman–Crippen MR) is 104 cm³/mol. The first kappa shape index (κ1) is 19.5. The topological polar surface area (TPSA) is 68.6 Å². The molecule has 5 atom stereocenters. The van der Waals surface area contributed by atoms with Crippen LogP contribution in [0.15, 0.2) is 24.3 Å². The zero-order valence-electron chi connectivity index (χ0n) is 16.4. The molecule has 27 heavy (non-hydrogen) atoms. The van der Waals surface area contributed by atoms with E-state index < -0.39 is 25.7 Å². The van der Waals surface area contributed by atoms with Gasteiger partial charge in [-0.2, -0.15) is 5.26 Å². The van der Waals surface area contributed by atoms with Gasteiger partial charge >= 0.3 is 5.97 Å². The average Bonchev–Trinajstić information content (AvgIpc) is 3.14. The summed E-state index contributed by atoms with van der Waals surface area (Å²) in [4.78, 5) is 11.6. The normalized spacial score (nSPS) is 31.6. The maximum atomic E-state index is 11.6. The number of ether oxygens (including phenoxy) is 3. The van der Waals surface area contributed by atoms with Crippen molar-refractivity contribution in [3.8, 4) is 23.3 Å². The minimum atomic E-state index is -1.61. The standard InChI is InChI=1S/C21H25NO4Si/c1-14(23)26-21(13-22)12-18-19(15-6-8-16(24-2)9-7-15)17(20(21)25-18)10-11-27(3,4)5/h6-9,17-20H,12H2,1-5H3/t17-,18-,19+,20-,21+/m1/s1. The first-order valence-corrected chi connectivity index (χ1v) is 12.6. The highest BCUT2D eigenvalue weighted by atomic mass is 28.3. The van der Waals surface area contributed by atoms with E-state index in [1.54, 1.807) is 7.11 Å². The SMILES string of the molecule is COc1ccc([C@H]2[C@@H](C#C[Si](C)(C)C)[C@H]3O[C@@H]2C[C@@]3(C#N)OC(C)=O)cc1. The Morgan fingerprint density at radius 2 is 1.96 bits per heavy atom. The summed E-state index contributed by atoms with van der Waals surface area (Å²) in [5.41, 5.74) is 3.27. The smallest absolute Gasteiger partial charge is 0.304 e. The van der Waals surface area contributed by atoms with Gasteiger partial charge < -0.3 is 14.2 Å². The Kier molecular flexibility index (Phi) is 5.07. The molecule has 1 aromatic rings. The van der Waals surface area contributed by atoms with Crippen LogP contribution in [-0.2, 0) is 14.3 Å². The molecule has 0 radical (unpaired) electrons. The Labute approximate surface area is 161 Å². The van der Waals surface area contributed by atoms with Crippen LogP contribution < -0.4 is 4.74 Å². The van der Waals surface area contributed by atoms with Crippen LogP contribution in [0.2, 0.25) is 19.6 Å². The predicted octanol–water partition coefficient (Wildman–Crippen LogP) is 3.27. The molecule has 2 aliphatic heterocycles. The van der Waals surface area contributed by atoms with Crippen molar-refractivity contribution in [2.24, 2.45) is 5.92 Å². The Morgan fingerprint density at radius 1 is 1.30 bits per heavy atom. The molecule has 0 unspecified atom stereocenters. The van der Waals surface area contributed by atoms with Crippen molar-refractivity contribution < 1.29 is 19.0 Å². The number of rotatable bonds is 3. The second-order valence-electron chi connectivity index (χ2n) is 8.24. The van der Waals surface area contributed by atoms with Crippen LogP contribution in [-0.4, -0.2) is 39.0 Å². The molecule has 2 bridgehead atoms. The van der Waals surface area contributed by atoms with E-state index in [0.29, 0.717) is 6.42 Å². The van der Waals surface area contributed by atoms with Gasteiger partial charge in [-0.3, -0.25) is 4.79 Å². The van der Waals surface area contributed by atoms with E-state index in [1.165, 1.54) is 6.92 Å². The van der Waals surface area contributed by atoms with Crippen molar-refractivity contribution >= 4 is 14.0 Å². The van der Waals surface area contributed by atoms with Gasteiger partial charge in [0.2, 0.25) is 5.60 Å². The summed E-state index contributed by atoms with van der Waals surface area (Å²) in [6.45, 7) is 7.87. The van der Waals surface area contributed by atoms with Gasteiger partial charge in [0.25, 0.3) is 0 Å². The molecule has 2 fully saturated rings. The monoisotopic (exact) mass is 383 g/mol. The van der Waals surface area contributed by atoms with Crippen LogP contribution in [0.3, 0.4) is 0 Å². The van der Waals surface area contributed by atoms with Crippen LogP contribution in [0.1, 0.15) is 24.8 Å². The number of fused-ring (bicyclic) bond motifs is 2. The molecular formula is C21H25NO4Si. The quantitative estimate of drug-likeness (QED) is 0.455. The highest BCUT2D eigenvalue weighted by Gasteiger charge is 2.64. The average molecular weight is 384 g/mol. The fraction of sp³-hybridized carbons (Fsp3) is 0.524. The summed E-state index contributed by atoms with van der Waals surface area (Å²) in [7, 11) is 0.0237. The van der Waals surface area contributed by atoms with E-state index in [9.17, 15) is 10.1 Å². The van der Waals surface area contributed by atoms with E-state index in [4.69, 9.17) is 14.2 Å². The molecule has 0 N–H and O–H groups in total. The van der Waals surface area contributed by atoms with E-state index >= 15 is 0 Å². The third-order valence-electron chi connectivity index (χ3n) is 5.03. The van der Waals surface area contributed by atoms with Gasteiger partial charge in [0.05, 0.1) is 19.1 Å². The first-order chi connectivity index (χ1) is 12.7. The largest absolute Gasteiger partial charge is 0.497 e. The van der Waals surface area contributed by atoms with Crippen LogP contribution >= 0.6 is 0 Å². The molecule has 1 aromatic carbocycles. The van der Waals surface area contributed by atoms with Crippen molar-refractivity contribution in [2.75, 3.05) is 7.11 Å². The fourth-order valence-electron chi connectivity index (χ4n) is 3.97. The molecule has 6 heteroatoms. The number of esters is 1. The van der Waals surface area contributed by atoms with Gasteiger partial charge in [0.15, 0.2) is 0 Å². The molecular weight excluding hydrogens is 358 g/mol. The Morgan fingerprint density at radius 3 is 2.48 bits per heavy atom. The number of nitrogens with zero attached hydrogens (tertiary/aromatic N) is 1. The molecule has 3 rings (SSSR count). The van der Waals surface area contributed by atoms with E-state index in [0.717, 1.165) is 11.3 Å². The fourth-order valence-corrected chi connectivity index (χ4v) is 4.57. The van der Waals surface area contributed by atoms with Gasteiger partial charge in [0, 0.05) is 19.3 Å². The number of hydrogen-bond acceptors (Lipinski definition) is 5. The lowest BCUT2D eigenvalue weighted by molar-refractivity contribution is -0.156. The molecule has 2 saturated heterocycles. The zero-order chi connectivity index (χ0) is 19.8. The van der Waals surface area contributed by atoms with E-state index in [2.05, 4.69) is 37.2 Å². The maximum absolute atomic E-state index is 11.6. The van der Waals surface area contributed by atoms with Gasteiger partial charge in [-0.25, -0.2) is 0 Å². The highest BCUT2D eigenvalue weighted by Crippen LogP contribution is 2.54. The third-order valence-corrected chi connectivity index (χ3v) is 5.92. The van der Waals surface area contributed by atoms with E-state index in [-0.39, 0.29) is 17.9 Å². The number of benzene rings is 1. The minimum Gasteiger partial charge on any atom is -0.497 e. The summed E-state index contributed by atoms with van der Waals surface area (Å²) in [6, 6.07) is 10.1. The second-order valence-corrected chi connectivity index (χ2v) is 13.0. The number of carbonyl (C=O) groups excluding carboxylic acids is 1. The van der Waals surface area contributed by atoms with Crippen molar-refractivity contribution in [3.05, 3.63) is 29.8 Å². The molecule has 0 aromatic heterocycles. The number of hydrogen-bond donors (Lipinski definition) is 0. The lowest BCUT2D eigenvalue weighted by Gasteiger charge is -2.35. The summed E-state index contributed by atoms with van der Waals surface area (Å²) in [5.74, 6) is 3.58. The first-order valence-electron chi connectivity index (χ1n) is 9.12. The summed E-state index contributed by atoms with van der Waals surface area (Å²) in [5, 5.41) is 9.80. The van der Waals surface area contributed by atoms with Gasteiger partial charge in [-0.1, -0.05) is 31.8 Å². The molecule has 2 aliphatic rings. The molecule has 2 heterocycles. The van der Waals surface area contributed by atoms with Crippen LogP contribution in [0.4, 0.5) is 0 Å². The van der Waals surface area contributed by atoms with Crippen molar-refractivity contribution in [1.29, 1.82) is 5.26 Å². The third kappa shape index (κ3) is 3.74. The highest BCUT2D eigenvalue weighted by molar-refractivity contribution is 6.83. The van der Waals surface area contributed by atoms with Gasteiger partial charge in [0.1, 0.15) is 26.0 Å². The zero-order valence-corrected chi connectivity index (χ0v) is 17.4. The summed E-state index contributed by atoms with van der Waals surface area (Å²) >= 11 is 0. The summed E-state index contributed by atoms with van der Waals surface area (Å²) in [6.07, 6.45) is -0.370. The Balaban J connectivity index is 2.00. The second kappa shape index (κ2) is 7.03. The number of nitriles is 1. The summed E-state index contributed by atoms with van der Waals surface area (Å²) < 4.78 is 16.9. The lowest BCUT2D eigenvalue weighted by Crippen LogP contribution is -2.48. The molecule has 0 spiro atoms. The van der Waals surface area contributed by atoms with Crippen LogP contribution in [0.5, 0.6) is 5.75 Å². The van der Waals surface area contributed by atoms with Crippen LogP contribution in [0.25, 0.3) is 0 Å².